The zero-order valence-electron chi connectivity index (χ0n) is 19.7. The van der Waals surface area contributed by atoms with Crippen LogP contribution in [0.1, 0.15) is 5.76 Å². The zero-order valence-corrected chi connectivity index (χ0v) is 20.5. The first-order valence-electron chi connectivity index (χ1n) is 10.4. The number of ether oxygens (including phenoxy) is 3. The second-order valence-corrected chi connectivity index (χ2v) is 8.00. The van der Waals surface area contributed by atoms with Crippen LogP contribution in [0.5, 0.6) is 17.2 Å². The predicted octanol–water partition coefficient (Wildman–Crippen LogP) is 4.77. The summed E-state index contributed by atoms with van der Waals surface area (Å²) in [5.74, 6) is 0.880. The van der Waals surface area contributed by atoms with Crippen LogP contribution in [0.4, 0.5) is 17.3 Å². The van der Waals surface area contributed by atoms with Gasteiger partial charge in [-0.15, -0.1) is 11.3 Å². The Morgan fingerprint density at radius 3 is 2.27 bits per heavy atom. The van der Waals surface area contributed by atoms with E-state index < -0.39 is 15.7 Å². The van der Waals surface area contributed by atoms with E-state index in [9.17, 15) is 20.2 Å². The van der Waals surface area contributed by atoms with E-state index in [1.165, 1.54) is 67.8 Å². The lowest BCUT2D eigenvalue weighted by Gasteiger charge is -2.14. The van der Waals surface area contributed by atoms with Crippen LogP contribution in [0, 0.1) is 20.2 Å². The van der Waals surface area contributed by atoms with E-state index in [0.717, 1.165) is 0 Å². The van der Waals surface area contributed by atoms with Crippen LogP contribution in [-0.2, 0) is 0 Å². The molecule has 0 aliphatic carbocycles. The molecule has 0 bridgehead atoms. The van der Waals surface area contributed by atoms with Crippen molar-refractivity contribution in [3.05, 3.63) is 84.7 Å². The molecule has 0 N–H and O–H groups in total. The Morgan fingerprint density at radius 2 is 1.68 bits per heavy atom. The van der Waals surface area contributed by atoms with Crippen LogP contribution in [0.25, 0.3) is 11.3 Å². The van der Waals surface area contributed by atoms with Crippen molar-refractivity contribution in [2.75, 3.05) is 21.3 Å². The Hall–Kier alpha value is -4.98. The van der Waals surface area contributed by atoms with Gasteiger partial charge in [-0.3, -0.25) is 20.2 Å². The molecule has 0 saturated heterocycles. The lowest BCUT2D eigenvalue weighted by molar-refractivity contribution is -0.402. The zero-order chi connectivity index (χ0) is 26.5. The van der Waals surface area contributed by atoms with E-state index in [4.69, 9.17) is 18.6 Å². The van der Waals surface area contributed by atoms with Gasteiger partial charge in [0, 0.05) is 17.0 Å². The van der Waals surface area contributed by atoms with Gasteiger partial charge < -0.3 is 18.6 Å². The van der Waals surface area contributed by atoms with Crippen molar-refractivity contribution in [1.82, 2.24) is 4.68 Å². The summed E-state index contributed by atoms with van der Waals surface area (Å²) in [6.45, 7) is 0. The summed E-state index contributed by atoms with van der Waals surface area (Å²) >= 11 is 1.18. The number of nitro groups is 2. The van der Waals surface area contributed by atoms with Crippen molar-refractivity contribution >= 4 is 34.8 Å². The monoisotopic (exact) mass is 525 g/mol. The maximum absolute atomic E-state index is 11.5. The maximum Gasteiger partial charge on any atom is 0.433 e. The average Bonchev–Trinajstić information content (AvgIpc) is 3.54. The lowest BCUT2D eigenvalue weighted by atomic mass is 10.1. The molecule has 2 heterocycles. The molecule has 2 aromatic carbocycles. The van der Waals surface area contributed by atoms with Crippen LogP contribution in [0.3, 0.4) is 0 Å². The van der Waals surface area contributed by atoms with Gasteiger partial charge in [-0.25, -0.2) is 9.67 Å². The second kappa shape index (κ2) is 10.7. The van der Waals surface area contributed by atoms with Gasteiger partial charge in [-0.05, 0) is 24.3 Å². The molecule has 0 aliphatic heterocycles. The molecule has 13 nitrogen and oxygen atoms in total. The fourth-order valence-corrected chi connectivity index (χ4v) is 4.21. The summed E-state index contributed by atoms with van der Waals surface area (Å²) in [7, 11) is 4.46. The van der Waals surface area contributed by atoms with Crippen molar-refractivity contribution < 1.29 is 28.5 Å². The lowest BCUT2D eigenvalue weighted by Crippen LogP contribution is -2.12. The SMILES string of the molecule is COc1cc(-c2csc(=Nc3ccccc3[N+](=O)[O-])n2N=Cc2ccc([N+](=O)[O-])o2)cc(OC)c1OC. The van der Waals surface area contributed by atoms with Crippen LogP contribution in [0.2, 0.25) is 0 Å². The fraction of sp³-hybridized carbons (Fsp3) is 0.130. The van der Waals surface area contributed by atoms with Crippen molar-refractivity contribution in [2.24, 2.45) is 10.1 Å². The molecule has 0 atom stereocenters. The Balaban J connectivity index is 1.93. The number of hydrogen-bond donors (Lipinski definition) is 0. The quantitative estimate of drug-likeness (QED) is 0.172. The molecule has 4 aromatic rings. The second-order valence-electron chi connectivity index (χ2n) is 7.16. The number of nitro benzene ring substituents is 1. The van der Waals surface area contributed by atoms with Gasteiger partial charge in [0.25, 0.3) is 5.69 Å². The molecule has 2 aromatic heterocycles. The smallest absolute Gasteiger partial charge is 0.433 e. The number of nitrogens with zero attached hydrogens (tertiary/aromatic N) is 5. The molecule has 0 amide bonds. The number of para-hydroxylation sites is 2. The first-order chi connectivity index (χ1) is 17.9. The van der Waals surface area contributed by atoms with Gasteiger partial charge in [-0.2, -0.15) is 5.10 Å². The third-order valence-corrected chi connectivity index (χ3v) is 5.85. The van der Waals surface area contributed by atoms with E-state index in [0.29, 0.717) is 28.5 Å². The summed E-state index contributed by atoms with van der Waals surface area (Å²) in [6.07, 6.45) is 1.28. The van der Waals surface area contributed by atoms with Gasteiger partial charge in [0.2, 0.25) is 10.6 Å². The van der Waals surface area contributed by atoms with Crippen LogP contribution in [-0.4, -0.2) is 42.1 Å². The molecule has 4 rings (SSSR count). The molecule has 0 aliphatic rings. The summed E-state index contributed by atoms with van der Waals surface area (Å²) in [5.41, 5.74) is 1.09. The summed E-state index contributed by atoms with van der Waals surface area (Å²) in [4.78, 5) is 26.0. The van der Waals surface area contributed by atoms with Crippen LogP contribution < -0.4 is 19.0 Å². The molecule has 0 saturated carbocycles. The molecular weight excluding hydrogens is 506 g/mol. The molecule has 14 heteroatoms. The van der Waals surface area contributed by atoms with Crippen molar-refractivity contribution in [2.45, 2.75) is 0 Å². The van der Waals surface area contributed by atoms with Gasteiger partial charge in [0.15, 0.2) is 17.3 Å². The molecule has 0 unspecified atom stereocenters. The minimum Gasteiger partial charge on any atom is -0.493 e. The molecule has 37 heavy (non-hydrogen) atoms. The van der Waals surface area contributed by atoms with Gasteiger partial charge in [0.1, 0.15) is 10.6 Å². The van der Waals surface area contributed by atoms with E-state index >= 15 is 0 Å². The van der Waals surface area contributed by atoms with E-state index in [2.05, 4.69) is 10.1 Å². The number of hydrogen-bond acceptors (Lipinski definition) is 11. The summed E-state index contributed by atoms with van der Waals surface area (Å²) in [6, 6.07) is 12.1. The third kappa shape index (κ3) is 5.18. The van der Waals surface area contributed by atoms with Crippen molar-refractivity contribution in [3.63, 3.8) is 0 Å². The molecule has 0 radical (unpaired) electrons. The Labute approximate surface area is 212 Å². The minimum absolute atomic E-state index is 0.123. The van der Waals surface area contributed by atoms with Gasteiger partial charge in [0.05, 0.1) is 44.2 Å². The molecule has 0 spiro atoms. The first-order valence-corrected chi connectivity index (χ1v) is 11.3. The number of rotatable bonds is 9. The number of thiazole rings is 1. The minimum atomic E-state index is -0.661. The van der Waals surface area contributed by atoms with Crippen LogP contribution >= 0.6 is 11.3 Å². The Bertz CT molecular complexity index is 1540. The van der Waals surface area contributed by atoms with Crippen molar-refractivity contribution in [3.8, 4) is 28.5 Å². The molecular formula is C23H19N5O8S. The highest BCUT2D eigenvalue weighted by atomic mass is 32.1. The van der Waals surface area contributed by atoms with E-state index in [1.807, 2.05) is 0 Å². The fourth-order valence-electron chi connectivity index (χ4n) is 3.36. The van der Waals surface area contributed by atoms with Crippen LogP contribution in [0.15, 0.2) is 68.4 Å². The van der Waals surface area contributed by atoms with Crippen molar-refractivity contribution in [1.29, 1.82) is 0 Å². The number of methoxy groups -OCH3 is 3. The Kier molecular flexibility index (Phi) is 7.29. The number of benzene rings is 2. The summed E-state index contributed by atoms with van der Waals surface area (Å²) in [5, 5.41) is 28.6. The number of furan rings is 1. The van der Waals surface area contributed by atoms with E-state index in [-0.39, 0.29) is 21.9 Å². The molecule has 0 fully saturated rings. The highest BCUT2D eigenvalue weighted by Gasteiger charge is 2.18. The topological polar surface area (TPSA) is 157 Å². The molecule has 190 valence electrons. The van der Waals surface area contributed by atoms with Gasteiger partial charge in [-0.1, -0.05) is 12.1 Å². The highest BCUT2D eigenvalue weighted by molar-refractivity contribution is 7.07. The first kappa shape index (κ1) is 25.1. The third-order valence-electron chi connectivity index (χ3n) is 5.03. The largest absolute Gasteiger partial charge is 0.493 e. The predicted molar refractivity (Wildman–Crippen MR) is 134 cm³/mol. The standard InChI is InChI=1S/C23H19N5O8S/c1-33-19-10-14(11-20(34-2)22(19)35-3)18-13-37-23(25-16-6-4-5-7-17(16)27(29)30)26(18)24-12-15-8-9-21(36-15)28(31)32/h4-13H,1-3H3. The normalized spacial score (nSPS) is 11.6. The number of aromatic nitrogens is 1. The maximum atomic E-state index is 11.5. The highest BCUT2D eigenvalue weighted by Crippen LogP contribution is 2.41. The summed E-state index contributed by atoms with van der Waals surface area (Å²) < 4.78 is 22.9. The van der Waals surface area contributed by atoms with E-state index in [1.54, 1.807) is 29.6 Å². The van der Waals surface area contributed by atoms with Gasteiger partial charge >= 0.3 is 5.88 Å². The average molecular weight is 525 g/mol. The Morgan fingerprint density at radius 1 is 0.973 bits per heavy atom.